The zero-order valence-electron chi connectivity index (χ0n) is 16.2. The van der Waals surface area contributed by atoms with Gasteiger partial charge >= 0.3 is 0 Å². The average molecular weight is 385 g/mol. The van der Waals surface area contributed by atoms with Gasteiger partial charge in [0, 0.05) is 10.9 Å². The summed E-state index contributed by atoms with van der Waals surface area (Å²) in [7, 11) is 0. The summed E-state index contributed by atoms with van der Waals surface area (Å²) in [5, 5.41) is 12.5. The minimum Gasteiger partial charge on any atom is -0.235 e. The first kappa shape index (κ1) is 18.7. The van der Waals surface area contributed by atoms with Gasteiger partial charge in [-0.3, -0.25) is 0 Å². The first-order valence-electron chi connectivity index (χ1n) is 9.98. The van der Waals surface area contributed by atoms with Crippen molar-refractivity contribution in [2.75, 3.05) is 0 Å². The molecule has 0 saturated heterocycles. The molecular formula is C25H24N2S. The van der Waals surface area contributed by atoms with Crippen LogP contribution in [-0.4, -0.2) is 4.98 Å². The SMILES string of the molecule is Cc1ccccc1/C=C(/C#N)c1nc(-c2ccc(C3CCCCC3)cc2)cs1. The lowest BCUT2D eigenvalue weighted by atomic mass is 9.84. The number of rotatable bonds is 4. The highest BCUT2D eigenvalue weighted by Gasteiger charge is 2.16. The fourth-order valence-electron chi connectivity index (χ4n) is 3.94. The van der Waals surface area contributed by atoms with E-state index in [1.54, 1.807) is 0 Å². The van der Waals surface area contributed by atoms with Gasteiger partial charge in [0.25, 0.3) is 0 Å². The third kappa shape index (κ3) is 4.08. The third-order valence-electron chi connectivity index (χ3n) is 5.63. The van der Waals surface area contributed by atoms with Crippen molar-refractivity contribution in [2.24, 2.45) is 0 Å². The van der Waals surface area contributed by atoms with Crippen LogP contribution in [0.3, 0.4) is 0 Å². The molecule has 0 amide bonds. The average Bonchev–Trinajstić information content (AvgIpc) is 3.24. The highest BCUT2D eigenvalue weighted by molar-refractivity contribution is 7.11. The van der Waals surface area contributed by atoms with Crippen LogP contribution in [0.5, 0.6) is 0 Å². The van der Waals surface area contributed by atoms with Gasteiger partial charge in [-0.25, -0.2) is 4.98 Å². The summed E-state index contributed by atoms with van der Waals surface area (Å²) in [5.74, 6) is 0.719. The maximum absolute atomic E-state index is 9.64. The number of aromatic nitrogens is 1. The number of nitriles is 1. The van der Waals surface area contributed by atoms with Gasteiger partial charge in [0.05, 0.1) is 11.3 Å². The smallest absolute Gasteiger partial charge is 0.134 e. The van der Waals surface area contributed by atoms with E-state index in [1.165, 1.54) is 49.0 Å². The minimum atomic E-state index is 0.615. The molecule has 1 fully saturated rings. The highest BCUT2D eigenvalue weighted by atomic mass is 32.1. The molecule has 1 heterocycles. The van der Waals surface area contributed by atoms with Crippen LogP contribution in [0.25, 0.3) is 22.9 Å². The van der Waals surface area contributed by atoms with Crippen LogP contribution in [0.2, 0.25) is 0 Å². The zero-order chi connectivity index (χ0) is 19.3. The van der Waals surface area contributed by atoms with Crippen LogP contribution in [0.1, 0.15) is 59.7 Å². The number of hydrogen-bond donors (Lipinski definition) is 0. The first-order valence-corrected chi connectivity index (χ1v) is 10.9. The second kappa shape index (κ2) is 8.54. The van der Waals surface area contributed by atoms with Crippen molar-refractivity contribution in [2.45, 2.75) is 44.9 Å². The fourth-order valence-corrected chi connectivity index (χ4v) is 4.73. The van der Waals surface area contributed by atoms with Crippen molar-refractivity contribution in [1.82, 2.24) is 4.98 Å². The van der Waals surface area contributed by atoms with Gasteiger partial charge in [0.15, 0.2) is 0 Å². The fraction of sp³-hybridized carbons (Fsp3) is 0.280. The van der Waals surface area contributed by atoms with E-state index in [9.17, 15) is 5.26 Å². The molecule has 0 atom stereocenters. The summed E-state index contributed by atoms with van der Waals surface area (Å²) in [6.07, 6.45) is 8.65. The highest BCUT2D eigenvalue weighted by Crippen LogP contribution is 2.34. The van der Waals surface area contributed by atoms with E-state index in [0.29, 0.717) is 5.57 Å². The Morgan fingerprint density at radius 3 is 2.54 bits per heavy atom. The topological polar surface area (TPSA) is 36.7 Å². The second-order valence-corrected chi connectivity index (χ2v) is 8.38. The zero-order valence-corrected chi connectivity index (χ0v) is 17.0. The Balaban J connectivity index is 1.57. The predicted molar refractivity (Wildman–Crippen MR) is 118 cm³/mol. The molecule has 0 unspecified atom stereocenters. The summed E-state index contributed by atoms with van der Waals surface area (Å²) in [6, 6.07) is 19.3. The maximum atomic E-state index is 9.64. The number of nitrogens with zero attached hydrogens (tertiary/aromatic N) is 2. The van der Waals surface area contributed by atoms with Gasteiger partial charge in [-0.15, -0.1) is 11.3 Å². The third-order valence-corrected chi connectivity index (χ3v) is 6.50. The molecule has 0 aliphatic heterocycles. The lowest BCUT2D eigenvalue weighted by Crippen LogP contribution is -2.04. The van der Waals surface area contributed by atoms with Crippen LogP contribution in [-0.2, 0) is 0 Å². The van der Waals surface area contributed by atoms with Gasteiger partial charge < -0.3 is 0 Å². The van der Waals surface area contributed by atoms with Gasteiger partial charge in [-0.2, -0.15) is 5.26 Å². The van der Waals surface area contributed by atoms with E-state index in [-0.39, 0.29) is 0 Å². The molecule has 3 aromatic rings. The molecule has 2 nitrogen and oxygen atoms in total. The summed E-state index contributed by atoms with van der Waals surface area (Å²) in [5.41, 5.74) is 6.36. The van der Waals surface area contributed by atoms with Crippen LogP contribution in [0.15, 0.2) is 53.9 Å². The van der Waals surface area contributed by atoms with E-state index in [0.717, 1.165) is 33.3 Å². The Bertz CT molecular complexity index is 1020. The van der Waals surface area contributed by atoms with Gasteiger partial charge in [-0.1, -0.05) is 67.8 Å². The summed E-state index contributed by atoms with van der Waals surface area (Å²) >= 11 is 1.53. The van der Waals surface area contributed by atoms with E-state index in [2.05, 4.69) is 43.3 Å². The van der Waals surface area contributed by atoms with Crippen molar-refractivity contribution in [3.05, 3.63) is 75.6 Å². The molecule has 1 aromatic heterocycles. The molecule has 1 aliphatic carbocycles. The Morgan fingerprint density at radius 1 is 1.07 bits per heavy atom. The number of benzene rings is 2. The molecule has 140 valence electrons. The molecular weight excluding hydrogens is 360 g/mol. The second-order valence-electron chi connectivity index (χ2n) is 7.52. The maximum Gasteiger partial charge on any atom is 0.134 e. The number of hydrogen-bond acceptors (Lipinski definition) is 3. The Morgan fingerprint density at radius 2 is 1.82 bits per heavy atom. The van der Waals surface area contributed by atoms with Crippen molar-refractivity contribution in [3.8, 4) is 17.3 Å². The first-order chi connectivity index (χ1) is 13.7. The lowest BCUT2D eigenvalue weighted by molar-refractivity contribution is 0.443. The number of allylic oxidation sites excluding steroid dienone is 1. The van der Waals surface area contributed by atoms with Crippen LogP contribution >= 0.6 is 11.3 Å². The molecule has 1 saturated carbocycles. The lowest BCUT2D eigenvalue weighted by Gasteiger charge is -2.22. The van der Waals surface area contributed by atoms with Crippen LogP contribution in [0, 0.1) is 18.3 Å². The van der Waals surface area contributed by atoms with Gasteiger partial charge in [0.1, 0.15) is 11.1 Å². The molecule has 0 N–H and O–H groups in total. The monoisotopic (exact) mass is 384 g/mol. The van der Waals surface area contributed by atoms with Crippen molar-refractivity contribution < 1.29 is 0 Å². The predicted octanol–water partition coefficient (Wildman–Crippen LogP) is 7.23. The molecule has 28 heavy (non-hydrogen) atoms. The standard InChI is InChI=1S/C25H24N2S/c1-18-7-5-6-10-22(18)15-23(16-26)25-27-24(17-28-25)21-13-11-20(12-14-21)19-8-3-2-4-9-19/h5-7,10-15,17,19H,2-4,8-9H2,1H3/b23-15-. The molecule has 4 rings (SSSR count). The minimum absolute atomic E-state index is 0.615. The van der Waals surface area contributed by atoms with Crippen LogP contribution < -0.4 is 0 Å². The molecule has 0 radical (unpaired) electrons. The Kier molecular flexibility index (Phi) is 5.69. The molecule has 3 heteroatoms. The number of thiazole rings is 1. The Labute approximate surface area is 171 Å². The largest absolute Gasteiger partial charge is 0.235 e. The quantitative estimate of drug-likeness (QED) is 0.445. The Hall–Kier alpha value is -2.70. The van der Waals surface area contributed by atoms with Gasteiger partial charge in [0.2, 0.25) is 0 Å². The van der Waals surface area contributed by atoms with Crippen molar-refractivity contribution in [1.29, 1.82) is 5.26 Å². The molecule has 2 aromatic carbocycles. The normalized spacial score (nSPS) is 15.4. The summed E-state index contributed by atoms with van der Waals surface area (Å²) in [4.78, 5) is 4.75. The molecule has 1 aliphatic rings. The number of aryl methyl sites for hydroxylation is 1. The van der Waals surface area contributed by atoms with E-state index in [4.69, 9.17) is 4.98 Å². The van der Waals surface area contributed by atoms with Crippen LogP contribution in [0.4, 0.5) is 0 Å². The van der Waals surface area contributed by atoms with Crippen molar-refractivity contribution >= 4 is 23.0 Å². The summed E-state index contributed by atoms with van der Waals surface area (Å²) < 4.78 is 0. The molecule has 0 spiro atoms. The van der Waals surface area contributed by atoms with Gasteiger partial charge in [-0.05, 0) is 48.4 Å². The molecule has 0 bridgehead atoms. The summed E-state index contributed by atoms with van der Waals surface area (Å²) in [6.45, 7) is 2.06. The van der Waals surface area contributed by atoms with E-state index in [1.807, 2.05) is 29.7 Å². The van der Waals surface area contributed by atoms with E-state index >= 15 is 0 Å². The van der Waals surface area contributed by atoms with E-state index < -0.39 is 0 Å². The van der Waals surface area contributed by atoms with Crippen molar-refractivity contribution in [3.63, 3.8) is 0 Å².